The van der Waals surface area contributed by atoms with Gasteiger partial charge in [-0.3, -0.25) is 9.97 Å². The van der Waals surface area contributed by atoms with Crippen molar-refractivity contribution >= 4 is 16.5 Å². The molecule has 3 aromatic rings. The van der Waals surface area contributed by atoms with Crippen LogP contribution in [-0.2, 0) is 0 Å². The van der Waals surface area contributed by atoms with E-state index in [1.54, 1.807) is 18.6 Å². The normalized spacial score (nSPS) is 10.6. The van der Waals surface area contributed by atoms with E-state index in [2.05, 4.69) is 65.4 Å². The highest BCUT2D eigenvalue weighted by atomic mass is 15.1. The molecule has 0 fully saturated rings. The fourth-order valence-electron chi connectivity index (χ4n) is 2.12. The molecule has 2 aromatic carbocycles. The molecular formula is C16H15N3. The van der Waals surface area contributed by atoms with Gasteiger partial charge in [-0.25, -0.2) is 0 Å². The van der Waals surface area contributed by atoms with Gasteiger partial charge in [-0.05, 0) is 29.0 Å². The van der Waals surface area contributed by atoms with Gasteiger partial charge in [-0.15, -0.1) is 0 Å². The van der Waals surface area contributed by atoms with E-state index in [0.717, 1.165) is 11.3 Å². The topological polar surface area (TPSA) is 29.0 Å². The van der Waals surface area contributed by atoms with Crippen molar-refractivity contribution < 1.29 is 0 Å². The van der Waals surface area contributed by atoms with Crippen molar-refractivity contribution in [1.82, 2.24) is 9.97 Å². The third kappa shape index (κ3) is 2.27. The third-order valence-corrected chi connectivity index (χ3v) is 3.20. The monoisotopic (exact) mass is 249 g/mol. The van der Waals surface area contributed by atoms with Crippen LogP contribution in [0.4, 0.5) is 5.69 Å². The zero-order chi connectivity index (χ0) is 13.2. The molecule has 1 aromatic heterocycles. The van der Waals surface area contributed by atoms with Gasteiger partial charge >= 0.3 is 0 Å². The van der Waals surface area contributed by atoms with E-state index in [1.807, 2.05) is 0 Å². The quantitative estimate of drug-likeness (QED) is 0.697. The summed E-state index contributed by atoms with van der Waals surface area (Å²) in [7, 11) is 4.10. The number of aromatic nitrogens is 2. The molecule has 0 saturated carbocycles. The Morgan fingerprint density at radius 2 is 1.68 bits per heavy atom. The van der Waals surface area contributed by atoms with Crippen LogP contribution in [0.15, 0.2) is 55.0 Å². The Morgan fingerprint density at radius 3 is 2.42 bits per heavy atom. The van der Waals surface area contributed by atoms with E-state index in [4.69, 9.17) is 0 Å². The summed E-state index contributed by atoms with van der Waals surface area (Å²) in [4.78, 5) is 10.5. The van der Waals surface area contributed by atoms with Crippen LogP contribution in [0.25, 0.3) is 22.0 Å². The minimum absolute atomic E-state index is 0.904. The number of hydrogen-bond acceptors (Lipinski definition) is 3. The van der Waals surface area contributed by atoms with Gasteiger partial charge in [-0.1, -0.05) is 18.2 Å². The van der Waals surface area contributed by atoms with Crippen molar-refractivity contribution in [3.63, 3.8) is 0 Å². The van der Waals surface area contributed by atoms with Gasteiger partial charge < -0.3 is 4.90 Å². The Bertz CT molecular complexity index is 706. The van der Waals surface area contributed by atoms with Crippen LogP contribution in [-0.4, -0.2) is 24.1 Å². The smallest absolute Gasteiger partial charge is 0.0885 e. The number of nitrogens with zero attached hydrogens (tertiary/aromatic N) is 3. The van der Waals surface area contributed by atoms with Gasteiger partial charge in [0.05, 0.1) is 11.9 Å². The summed E-state index contributed by atoms with van der Waals surface area (Å²) in [6.45, 7) is 0. The van der Waals surface area contributed by atoms with Crippen LogP contribution in [0.2, 0.25) is 0 Å². The Morgan fingerprint density at radius 1 is 0.895 bits per heavy atom. The summed E-state index contributed by atoms with van der Waals surface area (Å²) < 4.78 is 0. The van der Waals surface area contributed by atoms with Gasteiger partial charge in [0.1, 0.15) is 0 Å². The van der Waals surface area contributed by atoms with Crippen LogP contribution in [0.3, 0.4) is 0 Å². The number of hydrogen-bond donors (Lipinski definition) is 0. The number of anilines is 1. The molecule has 94 valence electrons. The van der Waals surface area contributed by atoms with Crippen LogP contribution in [0.1, 0.15) is 0 Å². The highest BCUT2D eigenvalue weighted by Gasteiger charge is 2.02. The zero-order valence-corrected chi connectivity index (χ0v) is 11.0. The molecule has 19 heavy (non-hydrogen) atoms. The molecule has 3 heteroatoms. The predicted octanol–water partition coefficient (Wildman–Crippen LogP) is 3.36. The van der Waals surface area contributed by atoms with Gasteiger partial charge in [0.2, 0.25) is 0 Å². The largest absolute Gasteiger partial charge is 0.378 e. The highest BCUT2D eigenvalue weighted by Crippen LogP contribution is 2.25. The Hall–Kier alpha value is -2.42. The molecule has 0 amide bonds. The minimum atomic E-state index is 0.904. The Kier molecular flexibility index (Phi) is 2.88. The maximum absolute atomic E-state index is 4.33. The average Bonchev–Trinajstić information content (AvgIpc) is 2.47. The minimum Gasteiger partial charge on any atom is -0.378 e. The lowest BCUT2D eigenvalue weighted by Gasteiger charge is -2.13. The average molecular weight is 249 g/mol. The molecule has 0 saturated heterocycles. The summed E-state index contributed by atoms with van der Waals surface area (Å²) in [6, 6.07) is 12.8. The third-order valence-electron chi connectivity index (χ3n) is 3.20. The lowest BCUT2D eigenvalue weighted by molar-refractivity contribution is 1.14. The molecule has 3 rings (SSSR count). The molecule has 0 unspecified atom stereocenters. The predicted molar refractivity (Wildman–Crippen MR) is 79.3 cm³/mol. The maximum Gasteiger partial charge on any atom is 0.0885 e. The summed E-state index contributed by atoms with van der Waals surface area (Å²) in [5, 5.41) is 2.45. The second-order valence-corrected chi connectivity index (χ2v) is 4.73. The molecule has 0 aliphatic rings. The first-order valence-electron chi connectivity index (χ1n) is 6.21. The zero-order valence-electron chi connectivity index (χ0n) is 11.0. The Balaban J connectivity index is 2.10. The van der Waals surface area contributed by atoms with E-state index in [0.29, 0.717) is 0 Å². The first-order valence-corrected chi connectivity index (χ1v) is 6.21. The van der Waals surface area contributed by atoms with Gasteiger partial charge in [0.15, 0.2) is 0 Å². The molecule has 0 radical (unpaired) electrons. The molecular weight excluding hydrogens is 234 g/mol. The molecule has 0 N–H and O–H groups in total. The molecule has 1 heterocycles. The van der Waals surface area contributed by atoms with Gasteiger partial charge in [0, 0.05) is 37.7 Å². The van der Waals surface area contributed by atoms with E-state index in [-0.39, 0.29) is 0 Å². The van der Waals surface area contributed by atoms with Gasteiger partial charge in [0.25, 0.3) is 0 Å². The second kappa shape index (κ2) is 4.69. The maximum atomic E-state index is 4.33. The molecule has 0 atom stereocenters. The van der Waals surface area contributed by atoms with Crippen LogP contribution in [0.5, 0.6) is 0 Å². The van der Waals surface area contributed by atoms with E-state index in [9.17, 15) is 0 Å². The molecule has 3 nitrogen and oxygen atoms in total. The molecule has 0 spiro atoms. The van der Waals surface area contributed by atoms with Crippen LogP contribution in [0, 0.1) is 0 Å². The number of fused-ring (bicyclic) bond motifs is 1. The Labute approximate surface area is 112 Å². The van der Waals surface area contributed by atoms with Crippen molar-refractivity contribution in [2.45, 2.75) is 0 Å². The van der Waals surface area contributed by atoms with E-state index < -0.39 is 0 Å². The molecule has 0 aliphatic heterocycles. The van der Waals surface area contributed by atoms with E-state index in [1.165, 1.54) is 16.5 Å². The van der Waals surface area contributed by atoms with Crippen molar-refractivity contribution in [3.05, 3.63) is 55.0 Å². The fraction of sp³-hybridized carbons (Fsp3) is 0.125. The number of benzene rings is 2. The lowest BCUT2D eigenvalue weighted by atomic mass is 10.0. The summed E-state index contributed by atoms with van der Waals surface area (Å²) in [6.07, 6.45) is 5.19. The van der Waals surface area contributed by atoms with Crippen molar-refractivity contribution in [2.75, 3.05) is 19.0 Å². The van der Waals surface area contributed by atoms with Crippen LogP contribution >= 0.6 is 0 Å². The SMILES string of the molecule is CN(C)c1ccc2cc(-c3cnccn3)ccc2c1. The first-order chi connectivity index (χ1) is 9.24. The standard InChI is InChI=1S/C16H15N3/c1-19(2)15-6-5-12-9-14(4-3-13(12)10-15)16-11-17-7-8-18-16/h3-11H,1-2H3. The number of rotatable bonds is 2. The second-order valence-electron chi connectivity index (χ2n) is 4.73. The highest BCUT2D eigenvalue weighted by molar-refractivity contribution is 5.89. The van der Waals surface area contributed by atoms with Crippen molar-refractivity contribution in [1.29, 1.82) is 0 Å². The molecule has 0 bridgehead atoms. The lowest BCUT2D eigenvalue weighted by Crippen LogP contribution is -2.07. The molecule has 0 aliphatic carbocycles. The van der Waals surface area contributed by atoms with E-state index >= 15 is 0 Å². The van der Waals surface area contributed by atoms with Crippen molar-refractivity contribution in [3.8, 4) is 11.3 Å². The van der Waals surface area contributed by atoms with Crippen LogP contribution < -0.4 is 4.90 Å². The summed E-state index contributed by atoms with van der Waals surface area (Å²) in [5.74, 6) is 0. The van der Waals surface area contributed by atoms with Crippen molar-refractivity contribution in [2.24, 2.45) is 0 Å². The summed E-state index contributed by atoms with van der Waals surface area (Å²) in [5.41, 5.74) is 3.21. The first kappa shape index (κ1) is 11.7. The van der Waals surface area contributed by atoms with Gasteiger partial charge in [-0.2, -0.15) is 0 Å². The fourth-order valence-corrected chi connectivity index (χ4v) is 2.12. The summed E-state index contributed by atoms with van der Waals surface area (Å²) >= 11 is 0.